The fourth-order valence-corrected chi connectivity index (χ4v) is 3.85. The lowest BCUT2D eigenvalue weighted by Gasteiger charge is -2.44. The van der Waals surface area contributed by atoms with Gasteiger partial charge in [0.05, 0.1) is 12.2 Å². The molecule has 3 N–H and O–H groups in total. The Balaban J connectivity index is 1.85. The number of hydrogen-bond acceptors (Lipinski definition) is 4. The lowest BCUT2D eigenvalue weighted by molar-refractivity contribution is -0.136. The molecule has 0 amide bonds. The molecule has 0 aromatic heterocycles. The minimum Gasteiger partial charge on any atom is -0.389 e. The minimum atomic E-state index is -1.00. The van der Waals surface area contributed by atoms with Crippen LogP contribution in [0, 0.1) is 17.8 Å². The molecule has 118 valence electrons. The number of β-amino-alcohol motifs (C(OH)–C–C–N with tert-alkyl or cyclic N) is 1. The second kappa shape index (κ2) is 6.73. The molecule has 2 rings (SSSR count). The average molecular weight is 285 g/mol. The highest BCUT2D eigenvalue weighted by atomic mass is 16.4. The molecule has 0 spiro atoms. The van der Waals surface area contributed by atoms with Gasteiger partial charge in [0.15, 0.2) is 0 Å². The van der Waals surface area contributed by atoms with Crippen LogP contribution in [0.25, 0.3) is 0 Å². The molecule has 0 aromatic rings. The number of rotatable bonds is 3. The monoisotopic (exact) mass is 285 g/mol. The van der Waals surface area contributed by atoms with Crippen molar-refractivity contribution in [1.29, 1.82) is 0 Å². The van der Waals surface area contributed by atoms with Crippen molar-refractivity contribution < 1.29 is 15.3 Å². The molecule has 2 fully saturated rings. The first kappa shape index (κ1) is 16.2. The van der Waals surface area contributed by atoms with Crippen LogP contribution >= 0.6 is 0 Å². The molecule has 0 radical (unpaired) electrons. The van der Waals surface area contributed by atoms with E-state index in [9.17, 15) is 15.3 Å². The maximum Gasteiger partial charge on any atom is 0.108 e. The van der Waals surface area contributed by atoms with Crippen LogP contribution in [0.2, 0.25) is 0 Å². The number of hydrogen-bond donors (Lipinski definition) is 3. The largest absolute Gasteiger partial charge is 0.389 e. The zero-order valence-electron chi connectivity index (χ0n) is 13.1. The number of likely N-dealkylation sites (tertiary alicyclic amines) is 1. The second-order valence-corrected chi connectivity index (χ2v) is 7.27. The molecule has 0 aromatic carbocycles. The first-order valence-corrected chi connectivity index (χ1v) is 8.18. The summed E-state index contributed by atoms with van der Waals surface area (Å²) in [7, 11) is 0. The van der Waals surface area contributed by atoms with E-state index < -0.39 is 18.3 Å². The summed E-state index contributed by atoms with van der Waals surface area (Å²) in [5.74, 6) is 2.31. The molecule has 1 aliphatic carbocycles. The van der Waals surface area contributed by atoms with Crippen LogP contribution in [-0.2, 0) is 0 Å². The third kappa shape index (κ3) is 3.53. The Hall–Kier alpha value is -0.160. The van der Waals surface area contributed by atoms with Gasteiger partial charge >= 0.3 is 0 Å². The number of piperidine rings is 1. The van der Waals surface area contributed by atoms with Gasteiger partial charge in [-0.05, 0) is 50.4 Å². The van der Waals surface area contributed by atoms with E-state index in [1.54, 1.807) is 0 Å². The molecule has 4 atom stereocenters. The van der Waals surface area contributed by atoms with Crippen molar-refractivity contribution in [3.8, 4) is 0 Å². The zero-order valence-corrected chi connectivity index (χ0v) is 13.1. The van der Waals surface area contributed by atoms with Crippen LogP contribution in [0.5, 0.6) is 0 Å². The summed E-state index contributed by atoms with van der Waals surface area (Å²) in [6.45, 7) is 7.98. The maximum atomic E-state index is 9.98. The molecule has 4 nitrogen and oxygen atoms in total. The van der Waals surface area contributed by atoms with Crippen molar-refractivity contribution in [3.63, 3.8) is 0 Å². The van der Waals surface area contributed by atoms with Gasteiger partial charge in [0.25, 0.3) is 0 Å². The Morgan fingerprint density at radius 1 is 1.00 bits per heavy atom. The summed E-state index contributed by atoms with van der Waals surface area (Å²) in [6, 6.07) is -0.0729. The van der Waals surface area contributed by atoms with Crippen molar-refractivity contribution in [2.45, 2.75) is 70.8 Å². The molecular formula is C16H31NO3. The van der Waals surface area contributed by atoms with E-state index in [4.69, 9.17) is 0 Å². The molecule has 0 unspecified atom stereocenters. The van der Waals surface area contributed by atoms with Crippen molar-refractivity contribution in [1.82, 2.24) is 4.90 Å². The van der Waals surface area contributed by atoms with Gasteiger partial charge in [0, 0.05) is 19.1 Å². The standard InChI is InChI=1S/C16H31NO3/c1-10(2)13-6-4-12(5-7-13)8-17-9-14(18)16(20)15(19)11(17)3/h10-16,18-20H,4-9H2,1-3H3/t11-,12-,13+,14+,15-,16-/m1/s1. The minimum absolute atomic E-state index is 0.0729. The van der Waals surface area contributed by atoms with Crippen LogP contribution in [0.15, 0.2) is 0 Å². The van der Waals surface area contributed by atoms with E-state index in [0.29, 0.717) is 12.5 Å². The highest BCUT2D eigenvalue weighted by Crippen LogP contribution is 2.34. The lowest BCUT2D eigenvalue weighted by Crippen LogP contribution is -2.60. The van der Waals surface area contributed by atoms with E-state index >= 15 is 0 Å². The SMILES string of the molecule is CC(C)[C@H]1CC[C@@H](CN2C[C@H](O)[C@@H](O)[C@H](O)[C@H]2C)CC1. The first-order chi connectivity index (χ1) is 9.40. The van der Waals surface area contributed by atoms with Crippen molar-refractivity contribution in [2.24, 2.45) is 17.8 Å². The predicted octanol–water partition coefficient (Wildman–Crippen LogP) is 1.24. The molecule has 0 bridgehead atoms. The quantitative estimate of drug-likeness (QED) is 0.730. The topological polar surface area (TPSA) is 63.9 Å². The molecule has 1 aliphatic heterocycles. The highest BCUT2D eigenvalue weighted by Gasteiger charge is 2.39. The van der Waals surface area contributed by atoms with Crippen molar-refractivity contribution in [2.75, 3.05) is 13.1 Å². The lowest BCUT2D eigenvalue weighted by atomic mass is 9.76. The van der Waals surface area contributed by atoms with Crippen LogP contribution in [0.3, 0.4) is 0 Å². The van der Waals surface area contributed by atoms with Gasteiger partial charge in [0.2, 0.25) is 0 Å². The summed E-state index contributed by atoms with van der Waals surface area (Å²) in [6.07, 6.45) is 2.44. The molecule has 1 heterocycles. The second-order valence-electron chi connectivity index (χ2n) is 7.27. The first-order valence-electron chi connectivity index (χ1n) is 8.18. The summed E-state index contributed by atoms with van der Waals surface area (Å²) in [4.78, 5) is 2.16. The van der Waals surface area contributed by atoms with Crippen molar-refractivity contribution >= 4 is 0 Å². The fourth-order valence-electron chi connectivity index (χ4n) is 3.85. The van der Waals surface area contributed by atoms with Crippen molar-refractivity contribution in [3.05, 3.63) is 0 Å². The number of aliphatic hydroxyl groups excluding tert-OH is 3. The van der Waals surface area contributed by atoms with E-state index in [-0.39, 0.29) is 6.04 Å². The van der Waals surface area contributed by atoms with Gasteiger partial charge in [-0.15, -0.1) is 0 Å². The molecule has 1 saturated heterocycles. The maximum absolute atomic E-state index is 9.98. The fraction of sp³-hybridized carbons (Fsp3) is 1.00. The summed E-state index contributed by atoms with van der Waals surface area (Å²) >= 11 is 0. The van der Waals surface area contributed by atoms with E-state index in [1.807, 2.05) is 6.92 Å². The van der Waals surface area contributed by atoms with Gasteiger partial charge < -0.3 is 15.3 Å². The Bertz CT molecular complexity index is 302. The van der Waals surface area contributed by atoms with Crippen LogP contribution in [0.1, 0.15) is 46.5 Å². The molecule has 4 heteroatoms. The summed E-state index contributed by atoms with van der Waals surface area (Å²) in [5, 5.41) is 29.5. The Morgan fingerprint density at radius 2 is 1.60 bits per heavy atom. The number of aliphatic hydroxyl groups is 3. The van der Waals surface area contributed by atoms with Crippen LogP contribution in [0.4, 0.5) is 0 Å². The molecular weight excluding hydrogens is 254 g/mol. The summed E-state index contributed by atoms with van der Waals surface area (Å²) < 4.78 is 0. The van der Waals surface area contributed by atoms with Crippen LogP contribution < -0.4 is 0 Å². The van der Waals surface area contributed by atoms with Gasteiger partial charge in [-0.2, -0.15) is 0 Å². The molecule has 2 aliphatic rings. The third-order valence-electron chi connectivity index (χ3n) is 5.56. The Kier molecular flexibility index (Phi) is 5.46. The summed E-state index contributed by atoms with van der Waals surface area (Å²) in [5.41, 5.74) is 0. The van der Waals surface area contributed by atoms with Gasteiger partial charge in [-0.1, -0.05) is 13.8 Å². The van der Waals surface area contributed by atoms with Crippen LogP contribution in [-0.4, -0.2) is 57.7 Å². The van der Waals surface area contributed by atoms with E-state index in [1.165, 1.54) is 25.7 Å². The zero-order chi connectivity index (χ0) is 14.9. The van der Waals surface area contributed by atoms with E-state index in [2.05, 4.69) is 18.7 Å². The van der Waals surface area contributed by atoms with E-state index in [0.717, 1.165) is 18.4 Å². The predicted molar refractivity (Wildman–Crippen MR) is 79.3 cm³/mol. The molecule has 1 saturated carbocycles. The highest BCUT2D eigenvalue weighted by molar-refractivity contribution is 4.93. The molecule has 20 heavy (non-hydrogen) atoms. The van der Waals surface area contributed by atoms with Gasteiger partial charge in [-0.25, -0.2) is 0 Å². The third-order valence-corrected chi connectivity index (χ3v) is 5.56. The normalized spacial score (nSPS) is 44.0. The average Bonchev–Trinajstić information content (AvgIpc) is 2.43. The van der Waals surface area contributed by atoms with Gasteiger partial charge in [0.1, 0.15) is 6.10 Å². The Morgan fingerprint density at radius 3 is 2.15 bits per heavy atom. The number of nitrogens with zero attached hydrogens (tertiary/aromatic N) is 1. The smallest absolute Gasteiger partial charge is 0.108 e. The van der Waals surface area contributed by atoms with Gasteiger partial charge in [-0.3, -0.25) is 4.90 Å². The Labute approximate surface area is 122 Å².